The number of benzene rings is 1. The van der Waals surface area contributed by atoms with Gasteiger partial charge in [0.1, 0.15) is 17.2 Å². The minimum absolute atomic E-state index is 0.338. The molecule has 1 aromatic carbocycles. The second kappa shape index (κ2) is 6.98. The summed E-state index contributed by atoms with van der Waals surface area (Å²) in [5.41, 5.74) is 1.70. The minimum atomic E-state index is -0.338. The van der Waals surface area contributed by atoms with E-state index in [1.165, 1.54) is 18.6 Å². The van der Waals surface area contributed by atoms with Gasteiger partial charge in [0.2, 0.25) is 0 Å². The lowest BCUT2D eigenvalue weighted by Crippen LogP contribution is -2.46. The first-order valence-corrected chi connectivity index (χ1v) is 8.96. The molecule has 0 unspecified atom stereocenters. The maximum Gasteiger partial charge on any atom is 0.126 e. The topological polar surface area (TPSA) is 35.2 Å². The number of hydrogen-bond acceptors (Lipinski definition) is 3. The molecule has 1 aliphatic rings. The largest absolute Gasteiger partial charge is 0.341 e. The smallest absolute Gasteiger partial charge is 0.126 e. The molecule has 0 aliphatic carbocycles. The Morgan fingerprint density at radius 3 is 2.50 bits per heavy atom. The second-order valence-electron chi connectivity index (χ2n) is 7.90. The number of imidazole rings is 1. The predicted octanol–water partition coefficient (Wildman–Crippen LogP) is 3.91. The number of nitrogens with zero attached hydrogens (tertiary/aromatic N) is 3. The molecular weight excluding hydrogens is 327 g/mol. The molecule has 0 radical (unpaired) electrons. The van der Waals surface area contributed by atoms with Crippen LogP contribution in [0.3, 0.4) is 0 Å². The summed E-state index contributed by atoms with van der Waals surface area (Å²) < 4.78 is 13.4. The van der Waals surface area contributed by atoms with E-state index in [9.17, 15) is 4.39 Å². The van der Waals surface area contributed by atoms with E-state index in [1.807, 2.05) is 0 Å². The maximum atomic E-state index is 13.4. The average molecular weight is 353 g/mol. The third kappa shape index (κ3) is 4.47. The van der Waals surface area contributed by atoms with Crippen molar-refractivity contribution < 1.29 is 4.39 Å². The monoisotopic (exact) mass is 352 g/mol. The van der Waals surface area contributed by atoms with Gasteiger partial charge in [-0.05, 0) is 30.5 Å². The highest BCUT2D eigenvalue weighted by molar-refractivity contribution is 6.34. The van der Waals surface area contributed by atoms with Crippen LogP contribution in [0.1, 0.15) is 33.0 Å². The molecule has 6 heteroatoms. The van der Waals surface area contributed by atoms with E-state index in [-0.39, 0.29) is 5.82 Å². The Morgan fingerprint density at radius 1 is 1.17 bits per heavy atom. The summed E-state index contributed by atoms with van der Waals surface area (Å²) in [5, 5.41) is 0.361. The van der Waals surface area contributed by atoms with Crippen molar-refractivity contribution in [3.8, 4) is 0 Å². The SMILES string of the molecule is CC(C)(C)CCN1CCN(Cc2nc3c(Cl)cc(F)cc3[nH]2)CC1. The Morgan fingerprint density at radius 2 is 1.83 bits per heavy atom. The molecule has 1 aliphatic heterocycles. The zero-order chi connectivity index (χ0) is 17.3. The Kier molecular flexibility index (Phi) is 5.13. The Labute approximate surface area is 148 Å². The number of rotatable bonds is 4. The molecular formula is C18H26ClFN4. The maximum absolute atomic E-state index is 13.4. The van der Waals surface area contributed by atoms with Crippen LogP contribution in [-0.2, 0) is 6.54 Å². The minimum Gasteiger partial charge on any atom is -0.341 e. The van der Waals surface area contributed by atoms with Gasteiger partial charge >= 0.3 is 0 Å². The van der Waals surface area contributed by atoms with E-state index in [4.69, 9.17) is 11.6 Å². The van der Waals surface area contributed by atoms with Gasteiger partial charge in [-0.3, -0.25) is 4.90 Å². The fourth-order valence-corrected chi connectivity index (χ4v) is 3.29. The van der Waals surface area contributed by atoms with E-state index in [1.54, 1.807) is 0 Å². The van der Waals surface area contributed by atoms with E-state index >= 15 is 0 Å². The summed E-state index contributed by atoms with van der Waals surface area (Å²) >= 11 is 6.07. The molecule has 1 aromatic heterocycles. The standard InChI is InChI=1S/C18H26ClFN4/c1-18(2,3)4-5-23-6-8-24(9-7-23)12-16-21-15-11-13(20)10-14(19)17(15)22-16/h10-11H,4-9,12H2,1-3H3,(H,21,22). The number of halogens is 2. The van der Waals surface area contributed by atoms with Crippen LogP contribution in [0.2, 0.25) is 5.02 Å². The lowest BCUT2D eigenvalue weighted by molar-refractivity contribution is 0.115. The van der Waals surface area contributed by atoms with Gasteiger partial charge in [0.15, 0.2) is 0 Å². The molecule has 2 heterocycles. The summed E-state index contributed by atoms with van der Waals surface area (Å²) in [4.78, 5) is 12.6. The van der Waals surface area contributed by atoms with Crippen LogP contribution in [0.15, 0.2) is 12.1 Å². The molecule has 24 heavy (non-hydrogen) atoms. The van der Waals surface area contributed by atoms with Crippen LogP contribution >= 0.6 is 11.6 Å². The third-order valence-electron chi connectivity index (χ3n) is 4.57. The summed E-state index contributed by atoms with van der Waals surface area (Å²) in [6.07, 6.45) is 1.22. The number of H-pyrrole nitrogens is 1. The van der Waals surface area contributed by atoms with Crippen molar-refractivity contribution in [3.05, 3.63) is 28.8 Å². The fraction of sp³-hybridized carbons (Fsp3) is 0.611. The molecule has 0 atom stereocenters. The summed E-state index contributed by atoms with van der Waals surface area (Å²) in [5.74, 6) is 0.510. The van der Waals surface area contributed by atoms with Crippen molar-refractivity contribution in [2.45, 2.75) is 33.7 Å². The lowest BCUT2D eigenvalue weighted by atomic mass is 9.92. The molecule has 1 saturated heterocycles. The Hall–Kier alpha value is -1.17. The first-order valence-electron chi connectivity index (χ1n) is 8.58. The van der Waals surface area contributed by atoms with Crippen LogP contribution in [-0.4, -0.2) is 52.5 Å². The van der Waals surface area contributed by atoms with Gasteiger partial charge in [-0.25, -0.2) is 9.37 Å². The lowest BCUT2D eigenvalue weighted by Gasteiger charge is -2.35. The van der Waals surface area contributed by atoms with Gasteiger partial charge in [-0.1, -0.05) is 32.4 Å². The van der Waals surface area contributed by atoms with Crippen LogP contribution < -0.4 is 0 Å². The molecule has 1 fully saturated rings. The van der Waals surface area contributed by atoms with Gasteiger partial charge in [-0.15, -0.1) is 0 Å². The molecule has 0 bridgehead atoms. The normalized spacial score (nSPS) is 17.7. The van der Waals surface area contributed by atoms with E-state index in [0.717, 1.165) is 45.1 Å². The highest BCUT2D eigenvalue weighted by atomic mass is 35.5. The van der Waals surface area contributed by atoms with Crippen molar-refractivity contribution >= 4 is 22.6 Å². The van der Waals surface area contributed by atoms with Gasteiger partial charge < -0.3 is 9.88 Å². The molecule has 0 amide bonds. The molecule has 1 N–H and O–H groups in total. The van der Waals surface area contributed by atoms with Crippen molar-refractivity contribution in [2.24, 2.45) is 5.41 Å². The van der Waals surface area contributed by atoms with Gasteiger partial charge in [-0.2, -0.15) is 0 Å². The molecule has 4 nitrogen and oxygen atoms in total. The van der Waals surface area contributed by atoms with Crippen molar-refractivity contribution in [1.82, 2.24) is 19.8 Å². The van der Waals surface area contributed by atoms with E-state index < -0.39 is 0 Å². The molecule has 0 spiro atoms. The van der Waals surface area contributed by atoms with Crippen LogP contribution in [0.25, 0.3) is 11.0 Å². The van der Waals surface area contributed by atoms with Crippen molar-refractivity contribution in [2.75, 3.05) is 32.7 Å². The highest BCUT2D eigenvalue weighted by Crippen LogP contribution is 2.24. The van der Waals surface area contributed by atoms with E-state index in [2.05, 4.69) is 40.5 Å². The fourth-order valence-electron chi connectivity index (χ4n) is 3.04. The zero-order valence-corrected chi connectivity index (χ0v) is 15.5. The molecule has 3 rings (SSSR count). The predicted molar refractivity (Wildman–Crippen MR) is 96.9 cm³/mol. The van der Waals surface area contributed by atoms with Crippen molar-refractivity contribution in [1.29, 1.82) is 0 Å². The van der Waals surface area contributed by atoms with Crippen molar-refractivity contribution in [3.63, 3.8) is 0 Å². The Balaban J connectivity index is 1.56. The number of fused-ring (bicyclic) bond motifs is 1. The van der Waals surface area contributed by atoms with Gasteiger partial charge in [0.05, 0.1) is 17.1 Å². The Bertz CT molecular complexity index is 699. The first kappa shape index (κ1) is 17.6. The van der Waals surface area contributed by atoms with Gasteiger partial charge in [0, 0.05) is 26.2 Å². The van der Waals surface area contributed by atoms with E-state index in [0.29, 0.717) is 21.5 Å². The first-order chi connectivity index (χ1) is 11.3. The number of nitrogens with one attached hydrogen (secondary N) is 1. The highest BCUT2D eigenvalue weighted by Gasteiger charge is 2.20. The van der Waals surface area contributed by atoms with Crippen LogP contribution in [0.4, 0.5) is 4.39 Å². The zero-order valence-electron chi connectivity index (χ0n) is 14.7. The summed E-state index contributed by atoms with van der Waals surface area (Å²) in [6, 6.07) is 2.75. The number of piperazine rings is 1. The van der Waals surface area contributed by atoms with Crippen LogP contribution in [0, 0.1) is 11.2 Å². The second-order valence-corrected chi connectivity index (χ2v) is 8.30. The summed E-state index contributed by atoms with van der Waals surface area (Å²) in [7, 11) is 0. The third-order valence-corrected chi connectivity index (χ3v) is 4.86. The van der Waals surface area contributed by atoms with Crippen LogP contribution in [0.5, 0.6) is 0 Å². The molecule has 132 valence electrons. The molecule has 2 aromatic rings. The summed E-state index contributed by atoms with van der Waals surface area (Å²) in [6.45, 7) is 13.0. The average Bonchev–Trinajstić information content (AvgIpc) is 2.88. The van der Waals surface area contributed by atoms with Gasteiger partial charge in [0.25, 0.3) is 0 Å². The molecule has 0 saturated carbocycles. The number of aromatic amines is 1. The quantitative estimate of drug-likeness (QED) is 0.906. The number of hydrogen-bond donors (Lipinski definition) is 1. The number of aromatic nitrogens is 2.